The van der Waals surface area contributed by atoms with Crippen molar-refractivity contribution in [2.24, 2.45) is 56.7 Å². The van der Waals surface area contributed by atoms with Crippen molar-refractivity contribution in [2.45, 2.75) is 143 Å². The minimum atomic E-state index is -1.62. The maximum absolute atomic E-state index is 13.0. The van der Waals surface area contributed by atoms with E-state index in [1.165, 1.54) is 12.7 Å². The molecule has 46 heavy (non-hydrogen) atoms. The smallest absolute Gasteiger partial charge is 0.337 e. The fourth-order valence-electron chi connectivity index (χ4n) is 12.5. The van der Waals surface area contributed by atoms with Gasteiger partial charge in [0, 0.05) is 0 Å². The largest absolute Gasteiger partial charge is 0.481 e. The molecule has 0 aromatic rings. The fourth-order valence-corrected chi connectivity index (χ4v) is 12.5. The quantitative estimate of drug-likeness (QED) is 0.187. The summed E-state index contributed by atoms with van der Waals surface area (Å²) < 4.78 is 17.0. The molecular formula is C37H58O9. The summed E-state index contributed by atoms with van der Waals surface area (Å²) in [5.41, 5.74) is 0.472. The zero-order valence-electron chi connectivity index (χ0n) is 29.1. The molecule has 260 valence electrons. The van der Waals surface area contributed by atoms with Crippen LogP contribution in [0.3, 0.4) is 0 Å². The number of aliphatic hydroxyl groups is 3. The van der Waals surface area contributed by atoms with Crippen LogP contribution in [0, 0.1) is 56.7 Å². The topological polar surface area (TPSA) is 143 Å². The maximum atomic E-state index is 13.0. The van der Waals surface area contributed by atoms with E-state index in [1.54, 1.807) is 0 Å². The molecule has 5 aliphatic carbocycles. The number of carbonyl (C=O) groups excluding carboxylic acids is 1. The van der Waals surface area contributed by atoms with Crippen LogP contribution in [0.1, 0.15) is 106 Å². The highest BCUT2D eigenvalue weighted by Crippen LogP contribution is 2.76. The van der Waals surface area contributed by atoms with Gasteiger partial charge in [-0.15, -0.1) is 0 Å². The molecule has 0 aromatic carbocycles. The third-order valence-corrected chi connectivity index (χ3v) is 15.7. The molecule has 0 radical (unpaired) electrons. The Morgan fingerprint density at radius 1 is 0.870 bits per heavy atom. The SMILES string of the molecule is COC(=O)[C@H]1O[C@@H](O[C@H]2CC[C@]3(C)[C@H]4CC=C5[C@@H]6[C@@H](C)[C@H](C)CC[C@]6(C(=O)O)CC[C@@]5(C)[C@]4(C)CC[C@H]3C2(C)C)[C@H](O)[C@@H](O)[C@@H]1O. The van der Waals surface area contributed by atoms with Gasteiger partial charge in [0.05, 0.1) is 18.6 Å². The van der Waals surface area contributed by atoms with Gasteiger partial charge in [0.1, 0.15) is 18.3 Å². The van der Waals surface area contributed by atoms with Crippen LogP contribution >= 0.6 is 0 Å². The standard InChI is InChI=1S/C37H58O9/c1-19-11-16-37(32(42)43)18-17-35(6)21(25(37)20(19)2)9-10-23-34(5)14-13-24(33(3,4)22(34)12-15-36(23,35)7)45-31-28(40)26(38)27(39)29(46-31)30(41)44-8/h9,19-20,22-29,31,38-40H,10-18H2,1-8H3,(H,42,43)/t19-,20+,22+,23-,24+,25+,26+,27+,28-,29+,31-,34+,35-,36-,37+/m1/s1. The summed E-state index contributed by atoms with van der Waals surface area (Å²) in [5, 5.41) is 42.4. The first-order chi connectivity index (χ1) is 21.4. The Kier molecular flexibility index (Phi) is 8.41. The highest BCUT2D eigenvalue weighted by molar-refractivity contribution is 5.77. The lowest BCUT2D eigenvalue weighted by atomic mass is 9.33. The number of carbonyl (C=O) groups is 2. The first-order valence-corrected chi connectivity index (χ1v) is 17.8. The predicted octanol–water partition coefficient (Wildman–Crippen LogP) is 5.09. The van der Waals surface area contributed by atoms with Gasteiger partial charge in [-0.1, -0.05) is 60.1 Å². The van der Waals surface area contributed by atoms with Gasteiger partial charge < -0.3 is 34.6 Å². The highest BCUT2D eigenvalue weighted by Gasteiger charge is 2.70. The second kappa shape index (κ2) is 11.3. The Labute approximate surface area is 274 Å². The van der Waals surface area contributed by atoms with Crippen LogP contribution in [0.25, 0.3) is 0 Å². The number of rotatable bonds is 4. The lowest BCUT2D eigenvalue weighted by molar-refractivity contribution is -0.324. The number of hydrogen-bond acceptors (Lipinski definition) is 8. The molecule has 9 nitrogen and oxygen atoms in total. The van der Waals surface area contributed by atoms with Crippen molar-refractivity contribution in [3.63, 3.8) is 0 Å². The third-order valence-electron chi connectivity index (χ3n) is 15.7. The molecule has 5 fully saturated rings. The molecule has 0 aromatic heterocycles. The average Bonchev–Trinajstić information content (AvgIpc) is 3.00. The number of allylic oxidation sites excluding steroid dienone is 2. The van der Waals surface area contributed by atoms with Gasteiger partial charge in [0.25, 0.3) is 0 Å². The van der Waals surface area contributed by atoms with Crippen molar-refractivity contribution < 1.29 is 44.2 Å². The van der Waals surface area contributed by atoms with Crippen LogP contribution in [0.5, 0.6) is 0 Å². The van der Waals surface area contributed by atoms with Crippen LogP contribution in [0.2, 0.25) is 0 Å². The summed E-state index contributed by atoms with van der Waals surface area (Å²) in [6, 6.07) is 0. The molecule has 4 N–H and O–H groups in total. The van der Waals surface area contributed by atoms with Crippen molar-refractivity contribution >= 4 is 11.9 Å². The number of methoxy groups -OCH3 is 1. The molecule has 1 saturated heterocycles. The van der Waals surface area contributed by atoms with E-state index in [2.05, 4.69) is 54.5 Å². The molecule has 4 saturated carbocycles. The van der Waals surface area contributed by atoms with Crippen molar-refractivity contribution in [3.8, 4) is 0 Å². The number of carboxylic acid groups (broad SMARTS) is 1. The molecular weight excluding hydrogens is 588 g/mol. The van der Waals surface area contributed by atoms with Crippen molar-refractivity contribution in [1.82, 2.24) is 0 Å². The maximum Gasteiger partial charge on any atom is 0.337 e. The van der Waals surface area contributed by atoms with Crippen molar-refractivity contribution in [3.05, 3.63) is 11.6 Å². The fraction of sp³-hybridized carbons (Fsp3) is 0.892. The van der Waals surface area contributed by atoms with E-state index in [0.29, 0.717) is 23.7 Å². The Hall–Kier alpha value is -1.52. The van der Waals surface area contributed by atoms with Gasteiger partial charge in [0.15, 0.2) is 12.4 Å². The predicted molar refractivity (Wildman–Crippen MR) is 170 cm³/mol. The van der Waals surface area contributed by atoms with Crippen molar-refractivity contribution in [2.75, 3.05) is 7.11 Å². The Morgan fingerprint density at radius 3 is 2.22 bits per heavy atom. The lowest BCUT2D eigenvalue weighted by Crippen LogP contribution is -2.66. The van der Waals surface area contributed by atoms with Gasteiger partial charge in [-0.2, -0.15) is 0 Å². The normalized spacial score (nSPS) is 53.0. The number of hydrogen-bond donors (Lipinski definition) is 4. The summed E-state index contributed by atoms with van der Waals surface area (Å²) in [6.07, 6.45) is 2.84. The zero-order chi connectivity index (χ0) is 33.8. The number of esters is 1. The first kappa shape index (κ1) is 34.3. The van der Waals surface area contributed by atoms with E-state index in [-0.39, 0.29) is 33.7 Å². The van der Waals surface area contributed by atoms with Crippen molar-refractivity contribution in [1.29, 1.82) is 0 Å². The van der Waals surface area contributed by atoms with E-state index in [1.807, 2.05) is 0 Å². The minimum absolute atomic E-state index is 0.0184. The van der Waals surface area contributed by atoms with Gasteiger partial charge in [-0.05, 0) is 109 Å². The van der Waals surface area contributed by atoms with E-state index < -0.39 is 48.1 Å². The van der Waals surface area contributed by atoms with E-state index in [9.17, 15) is 30.0 Å². The van der Waals surface area contributed by atoms with Crippen LogP contribution in [0.15, 0.2) is 11.6 Å². The summed E-state index contributed by atoms with van der Waals surface area (Å²) >= 11 is 0. The van der Waals surface area contributed by atoms with Gasteiger partial charge >= 0.3 is 11.9 Å². The molecule has 0 amide bonds. The van der Waals surface area contributed by atoms with Crippen LogP contribution in [-0.2, 0) is 23.8 Å². The van der Waals surface area contributed by atoms with Crippen LogP contribution < -0.4 is 0 Å². The molecule has 15 atom stereocenters. The van der Waals surface area contributed by atoms with Gasteiger partial charge in [0.2, 0.25) is 0 Å². The Morgan fingerprint density at radius 2 is 1.57 bits per heavy atom. The molecule has 0 spiro atoms. The summed E-state index contributed by atoms with van der Waals surface area (Å²) in [6.45, 7) is 16.5. The number of aliphatic carboxylic acids is 1. The van der Waals surface area contributed by atoms with E-state index in [4.69, 9.17) is 14.2 Å². The molecule has 6 rings (SSSR count). The molecule has 0 unspecified atom stereocenters. The zero-order valence-corrected chi connectivity index (χ0v) is 29.1. The molecule has 1 heterocycles. The third kappa shape index (κ3) is 4.50. The second-order valence-electron chi connectivity index (χ2n) is 17.5. The van der Waals surface area contributed by atoms with E-state index >= 15 is 0 Å². The summed E-state index contributed by atoms with van der Waals surface area (Å²) in [4.78, 5) is 25.3. The molecule has 1 aliphatic heterocycles. The van der Waals surface area contributed by atoms with Crippen LogP contribution in [0.4, 0.5) is 0 Å². The summed E-state index contributed by atoms with van der Waals surface area (Å²) in [5.74, 6) is 0.249. The minimum Gasteiger partial charge on any atom is -0.481 e. The van der Waals surface area contributed by atoms with Crippen LogP contribution in [-0.4, -0.2) is 76.3 Å². The Bertz CT molecular complexity index is 1260. The van der Waals surface area contributed by atoms with Gasteiger partial charge in [-0.25, -0.2) is 4.79 Å². The number of carboxylic acids is 1. The first-order valence-electron chi connectivity index (χ1n) is 17.8. The monoisotopic (exact) mass is 646 g/mol. The van der Waals surface area contributed by atoms with E-state index in [0.717, 1.165) is 57.8 Å². The molecule has 6 aliphatic rings. The summed E-state index contributed by atoms with van der Waals surface area (Å²) in [7, 11) is 1.18. The Balaban J connectivity index is 1.29. The second-order valence-corrected chi connectivity index (χ2v) is 17.5. The molecule has 0 bridgehead atoms. The number of fused-ring (bicyclic) bond motifs is 7. The lowest BCUT2D eigenvalue weighted by Gasteiger charge is -2.71. The molecule has 9 heteroatoms. The average molecular weight is 647 g/mol. The highest BCUT2D eigenvalue weighted by atomic mass is 16.7. The number of aliphatic hydroxyl groups excluding tert-OH is 3. The van der Waals surface area contributed by atoms with Gasteiger partial charge in [-0.3, -0.25) is 4.79 Å². The number of ether oxygens (including phenoxy) is 3.